The number of hydrogen-bond acceptors (Lipinski definition) is 2. The number of rotatable bonds is 2. The molecule has 1 fully saturated rings. The summed E-state index contributed by atoms with van der Waals surface area (Å²) in [5.41, 5.74) is 9.17. The minimum atomic E-state index is 0.0942. The van der Waals surface area contributed by atoms with Gasteiger partial charge in [0, 0.05) is 17.6 Å². The summed E-state index contributed by atoms with van der Waals surface area (Å²) in [5.74, 6) is 0.199. The van der Waals surface area contributed by atoms with Crippen molar-refractivity contribution in [2.75, 3.05) is 5.32 Å². The molecule has 1 aromatic carbocycles. The summed E-state index contributed by atoms with van der Waals surface area (Å²) in [6.07, 6.45) is 1.62. The SMILES string of the molecule is Cc1cc(C(C)(C)C)ccc1NC(=O)C1CC(N)C1. The van der Waals surface area contributed by atoms with E-state index in [1.165, 1.54) is 5.56 Å². The molecule has 0 aliphatic heterocycles. The summed E-state index contributed by atoms with van der Waals surface area (Å²) < 4.78 is 0. The van der Waals surface area contributed by atoms with Crippen molar-refractivity contribution >= 4 is 11.6 Å². The topological polar surface area (TPSA) is 55.1 Å². The van der Waals surface area contributed by atoms with Gasteiger partial charge >= 0.3 is 0 Å². The molecule has 1 aliphatic carbocycles. The molecule has 0 atom stereocenters. The average Bonchev–Trinajstić information content (AvgIpc) is 2.26. The third-order valence-electron chi connectivity index (χ3n) is 3.90. The molecule has 1 amide bonds. The molecule has 104 valence electrons. The van der Waals surface area contributed by atoms with Gasteiger partial charge in [-0.2, -0.15) is 0 Å². The van der Waals surface area contributed by atoms with Gasteiger partial charge in [0.05, 0.1) is 0 Å². The molecule has 0 saturated heterocycles. The van der Waals surface area contributed by atoms with Gasteiger partial charge in [-0.1, -0.05) is 32.9 Å². The van der Waals surface area contributed by atoms with E-state index in [2.05, 4.69) is 38.2 Å². The minimum absolute atomic E-state index is 0.0942. The molecule has 19 heavy (non-hydrogen) atoms. The number of nitrogens with two attached hydrogens (primary N) is 1. The van der Waals surface area contributed by atoms with Gasteiger partial charge in [-0.3, -0.25) is 4.79 Å². The lowest BCUT2D eigenvalue weighted by atomic mass is 9.80. The van der Waals surface area contributed by atoms with E-state index in [1.54, 1.807) is 0 Å². The zero-order valence-electron chi connectivity index (χ0n) is 12.3. The molecule has 0 spiro atoms. The quantitative estimate of drug-likeness (QED) is 0.859. The maximum Gasteiger partial charge on any atom is 0.227 e. The number of amides is 1. The van der Waals surface area contributed by atoms with Crippen LogP contribution in [-0.4, -0.2) is 11.9 Å². The first-order valence-corrected chi connectivity index (χ1v) is 6.95. The van der Waals surface area contributed by atoms with Gasteiger partial charge in [-0.25, -0.2) is 0 Å². The van der Waals surface area contributed by atoms with Crippen LogP contribution >= 0.6 is 0 Å². The molecule has 0 heterocycles. The Kier molecular flexibility index (Phi) is 3.68. The van der Waals surface area contributed by atoms with Crippen LogP contribution in [0.5, 0.6) is 0 Å². The van der Waals surface area contributed by atoms with Crippen LogP contribution in [0.4, 0.5) is 5.69 Å². The van der Waals surface area contributed by atoms with Crippen molar-refractivity contribution in [3.05, 3.63) is 29.3 Å². The van der Waals surface area contributed by atoms with Crippen molar-refractivity contribution in [3.63, 3.8) is 0 Å². The zero-order valence-corrected chi connectivity index (χ0v) is 12.3. The fourth-order valence-electron chi connectivity index (χ4n) is 2.38. The fourth-order valence-corrected chi connectivity index (χ4v) is 2.38. The Morgan fingerprint density at radius 1 is 1.32 bits per heavy atom. The molecule has 2 rings (SSSR count). The first-order chi connectivity index (χ1) is 8.77. The lowest BCUT2D eigenvalue weighted by Gasteiger charge is -2.31. The molecular formula is C16H24N2O. The van der Waals surface area contributed by atoms with Gasteiger partial charge in [-0.05, 0) is 42.4 Å². The first kappa shape index (κ1) is 14.1. The normalized spacial score (nSPS) is 22.8. The van der Waals surface area contributed by atoms with Gasteiger partial charge in [0.25, 0.3) is 0 Å². The molecule has 0 unspecified atom stereocenters. The third kappa shape index (κ3) is 3.16. The summed E-state index contributed by atoms with van der Waals surface area (Å²) in [7, 11) is 0. The number of aryl methyl sites for hydroxylation is 1. The van der Waals surface area contributed by atoms with Gasteiger partial charge in [-0.15, -0.1) is 0 Å². The number of carbonyl (C=O) groups excluding carboxylic acids is 1. The lowest BCUT2D eigenvalue weighted by molar-refractivity contribution is -0.122. The smallest absolute Gasteiger partial charge is 0.227 e. The van der Waals surface area contributed by atoms with E-state index in [-0.39, 0.29) is 23.3 Å². The second-order valence-corrected chi connectivity index (χ2v) is 6.70. The van der Waals surface area contributed by atoms with Crippen LogP contribution in [0.3, 0.4) is 0 Å². The Balaban J connectivity index is 2.07. The first-order valence-electron chi connectivity index (χ1n) is 6.95. The molecule has 1 aromatic rings. The summed E-state index contributed by atoms with van der Waals surface area (Å²) in [6, 6.07) is 6.46. The van der Waals surface area contributed by atoms with Crippen LogP contribution in [0.15, 0.2) is 18.2 Å². The van der Waals surface area contributed by atoms with E-state index in [0.29, 0.717) is 0 Å². The summed E-state index contributed by atoms with van der Waals surface area (Å²) >= 11 is 0. The van der Waals surface area contributed by atoms with Crippen LogP contribution in [0.2, 0.25) is 0 Å². The number of carbonyl (C=O) groups is 1. The van der Waals surface area contributed by atoms with Crippen molar-refractivity contribution < 1.29 is 4.79 Å². The number of nitrogens with one attached hydrogen (secondary N) is 1. The van der Waals surface area contributed by atoms with E-state index in [4.69, 9.17) is 5.73 Å². The van der Waals surface area contributed by atoms with Crippen LogP contribution < -0.4 is 11.1 Å². The van der Waals surface area contributed by atoms with Crippen molar-refractivity contribution in [2.45, 2.75) is 52.0 Å². The summed E-state index contributed by atoms with van der Waals surface area (Å²) in [6.45, 7) is 8.61. The van der Waals surface area contributed by atoms with Crippen LogP contribution in [-0.2, 0) is 10.2 Å². The Bertz CT molecular complexity index is 482. The molecule has 3 heteroatoms. The van der Waals surface area contributed by atoms with Crippen molar-refractivity contribution in [1.29, 1.82) is 0 Å². The van der Waals surface area contributed by atoms with Crippen molar-refractivity contribution in [1.82, 2.24) is 0 Å². The fraction of sp³-hybridized carbons (Fsp3) is 0.562. The minimum Gasteiger partial charge on any atom is -0.328 e. The predicted octanol–water partition coefficient (Wildman–Crippen LogP) is 2.97. The Hall–Kier alpha value is -1.35. The van der Waals surface area contributed by atoms with E-state index >= 15 is 0 Å². The van der Waals surface area contributed by atoms with E-state index in [9.17, 15) is 4.79 Å². The molecule has 1 saturated carbocycles. The molecule has 3 N–H and O–H groups in total. The molecule has 3 nitrogen and oxygen atoms in total. The largest absolute Gasteiger partial charge is 0.328 e. The zero-order chi connectivity index (χ0) is 14.2. The lowest BCUT2D eigenvalue weighted by Crippen LogP contribution is -2.42. The maximum atomic E-state index is 12.0. The summed E-state index contributed by atoms with van der Waals surface area (Å²) in [5, 5.41) is 3.02. The van der Waals surface area contributed by atoms with Crippen molar-refractivity contribution in [3.8, 4) is 0 Å². The summed E-state index contributed by atoms with van der Waals surface area (Å²) in [4.78, 5) is 12.0. The van der Waals surface area contributed by atoms with E-state index in [1.807, 2.05) is 13.0 Å². The Labute approximate surface area is 115 Å². The molecule has 0 radical (unpaired) electrons. The van der Waals surface area contributed by atoms with Crippen LogP contribution in [0, 0.1) is 12.8 Å². The van der Waals surface area contributed by atoms with Crippen molar-refractivity contribution in [2.24, 2.45) is 11.7 Å². The van der Waals surface area contributed by atoms with Gasteiger partial charge < -0.3 is 11.1 Å². The number of anilines is 1. The molecule has 1 aliphatic rings. The number of hydrogen-bond donors (Lipinski definition) is 2. The molecule has 0 bridgehead atoms. The van der Waals surface area contributed by atoms with Gasteiger partial charge in [0.15, 0.2) is 0 Å². The Morgan fingerprint density at radius 3 is 2.42 bits per heavy atom. The highest BCUT2D eigenvalue weighted by Gasteiger charge is 2.32. The Morgan fingerprint density at radius 2 is 1.95 bits per heavy atom. The third-order valence-corrected chi connectivity index (χ3v) is 3.90. The monoisotopic (exact) mass is 260 g/mol. The standard InChI is InChI=1S/C16H24N2O/c1-10-7-12(16(2,3)4)5-6-14(10)18-15(19)11-8-13(17)9-11/h5-7,11,13H,8-9,17H2,1-4H3,(H,18,19). The van der Waals surface area contributed by atoms with Gasteiger partial charge in [0.2, 0.25) is 5.91 Å². The highest BCUT2D eigenvalue weighted by Crippen LogP contribution is 2.29. The second kappa shape index (κ2) is 4.97. The maximum absolute atomic E-state index is 12.0. The van der Waals surface area contributed by atoms with Crippen LogP contribution in [0.1, 0.15) is 44.7 Å². The number of benzene rings is 1. The van der Waals surface area contributed by atoms with E-state index < -0.39 is 0 Å². The van der Waals surface area contributed by atoms with Gasteiger partial charge in [0.1, 0.15) is 0 Å². The highest BCUT2D eigenvalue weighted by molar-refractivity contribution is 5.93. The molecule has 0 aromatic heterocycles. The van der Waals surface area contributed by atoms with E-state index in [0.717, 1.165) is 24.1 Å². The van der Waals surface area contributed by atoms with Crippen LogP contribution in [0.25, 0.3) is 0 Å². The predicted molar refractivity (Wildman–Crippen MR) is 79.2 cm³/mol. The average molecular weight is 260 g/mol. The molecular weight excluding hydrogens is 236 g/mol. The second-order valence-electron chi connectivity index (χ2n) is 6.70. The highest BCUT2D eigenvalue weighted by atomic mass is 16.1.